The lowest BCUT2D eigenvalue weighted by molar-refractivity contribution is 0.102. The number of aryl methyl sites for hydroxylation is 1. The summed E-state index contributed by atoms with van der Waals surface area (Å²) in [4.78, 5) is 12.4. The van der Waals surface area contributed by atoms with E-state index < -0.39 is 0 Å². The molecule has 0 aliphatic rings. The molecule has 0 bridgehead atoms. The van der Waals surface area contributed by atoms with Gasteiger partial charge in [0.25, 0.3) is 5.91 Å². The van der Waals surface area contributed by atoms with Crippen LogP contribution >= 0.6 is 0 Å². The van der Waals surface area contributed by atoms with Crippen molar-refractivity contribution in [2.45, 2.75) is 26.9 Å². The molecule has 0 saturated heterocycles. The summed E-state index contributed by atoms with van der Waals surface area (Å²) >= 11 is 0. The Morgan fingerprint density at radius 3 is 2.59 bits per heavy atom. The minimum atomic E-state index is -0.148. The average molecular weight is 299 g/mol. The number of hydrogen-bond acceptors (Lipinski definition) is 3. The summed E-state index contributed by atoms with van der Waals surface area (Å²) in [5, 5.41) is 12.3. The van der Waals surface area contributed by atoms with E-state index in [4.69, 9.17) is 4.74 Å². The van der Waals surface area contributed by atoms with E-state index in [9.17, 15) is 9.90 Å². The zero-order chi connectivity index (χ0) is 15.9. The largest absolute Gasteiger partial charge is 0.494 e. The van der Waals surface area contributed by atoms with Crippen LogP contribution in [0, 0.1) is 0 Å². The predicted octanol–water partition coefficient (Wildman–Crippen LogP) is 3.39. The number of rotatable bonds is 6. The normalized spacial score (nSPS) is 10.3. The van der Waals surface area contributed by atoms with E-state index in [1.807, 2.05) is 38.1 Å². The molecule has 4 nitrogen and oxygen atoms in total. The minimum absolute atomic E-state index is 0.134. The second kappa shape index (κ2) is 7.61. The molecular formula is C18H21NO3. The first-order chi connectivity index (χ1) is 10.7. The van der Waals surface area contributed by atoms with E-state index in [0.29, 0.717) is 29.2 Å². The summed E-state index contributed by atoms with van der Waals surface area (Å²) in [6, 6.07) is 12.8. The van der Waals surface area contributed by atoms with E-state index >= 15 is 0 Å². The molecule has 0 atom stereocenters. The van der Waals surface area contributed by atoms with Crippen LogP contribution in [-0.4, -0.2) is 17.6 Å². The predicted molar refractivity (Wildman–Crippen MR) is 87.3 cm³/mol. The third-order valence-electron chi connectivity index (χ3n) is 3.43. The van der Waals surface area contributed by atoms with Crippen molar-refractivity contribution >= 4 is 11.6 Å². The molecular weight excluding hydrogens is 278 g/mol. The molecule has 1 amide bonds. The van der Waals surface area contributed by atoms with E-state index in [2.05, 4.69) is 5.32 Å². The van der Waals surface area contributed by atoms with Crippen molar-refractivity contribution in [3.63, 3.8) is 0 Å². The number of aliphatic hydroxyl groups is 1. The summed E-state index contributed by atoms with van der Waals surface area (Å²) in [5.41, 5.74) is 2.98. The summed E-state index contributed by atoms with van der Waals surface area (Å²) < 4.78 is 5.44. The molecule has 22 heavy (non-hydrogen) atoms. The van der Waals surface area contributed by atoms with Gasteiger partial charge in [0.1, 0.15) is 5.75 Å². The summed E-state index contributed by atoms with van der Waals surface area (Å²) in [6.45, 7) is 4.30. The summed E-state index contributed by atoms with van der Waals surface area (Å²) in [7, 11) is 0. The fraction of sp³-hybridized carbons (Fsp3) is 0.278. The maximum Gasteiger partial charge on any atom is 0.255 e. The van der Waals surface area contributed by atoms with Crippen molar-refractivity contribution in [3.05, 3.63) is 59.2 Å². The van der Waals surface area contributed by atoms with E-state index in [0.717, 1.165) is 12.0 Å². The molecule has 116 valence electrons. The first-order valence-electron chi connectivity index (χ1n) is 7.45. The Kier molecular flexibility index (Phi) is 5.55. The first-order valence-corrected chi connectivity index (χ1v) is 7.45. The number of nitrogens with one attached hydrogen (secondary N) is 1. The monoisotopic (exact) mass is 299 g/mol. The summed E-state index contributed by atoms with van der Waals surface area (Å²) in [5.74, 6) is 0.488. The van der Waals surface area contributed by atoms with Gasteiger partial charge in [-0.05, 0) is 43.2 Å². The Morgan fingerprint density at radius 1 is 1.14 bits per heavy atom. The maximum atomic E-state index is 12.4. The molecule has 0 radical (unpaired) electrons. The number of benzene rings is 2. The molecule has 4 heteroatoms. The fourth-order valence-electron chi connectivity index (χ4n) is 2.33. The fourth-order valence-corrected chi connectivity index (χ4v) is 2.33. The highest BCUT2D eigenvalue weighted by atomic mass is 16.5. The van der Waals surface area contributed by atoms with Gasteiger partial charge in [-0.3, -0.25) is 4.79 Å². The van der Waals surface area contributed by atoms with Gasteiger partial charge >= 0.3 is 0 Å². The standard InChI is InChI=1S/C18H21NO3/c1-3-13-7-5-6-8-16(13)18(21)19-15-9-10-17(22-4-2)14(11-15)12-20/h5-11,20H,3-4,12H2,1-2H3,(H,19,21). The van der Waals surface area contributed by atoms with Gasteiger partial charge in [0, 0.05) is 16.8 Å². The minimum Gasteiger partial charge on any atom is -0.494 e. The van der Waals surface area contributed by atoms with Crippen LogP contribution in [0.4, 0.5) is 5.69 Å². The van der Waals surface area contributed by atoms with E-state index in [1.165, 1.54) is 0 Å². The van der Waals surface area contributed by atoms with E-state index in [-0.39, 0.29) is 12.5 Å². The molecule has 0 saturated carbocycles. The van der Waals surface area contributed by atoms with Crippen LogP contribution in [0.25, 0.3) is 0 Å². The van der Waals surface area contributed by atoms with Gasteiger partial charge in [-0.15, -0.1) is 0 Å². The van der Waals surface area contributed by atoms with Gasteiger partial charge in [0.05, 0.1) is 13.2 Å². The van der Waals surface area contributed by atoms with Crippen molar-refractivity contribution in [1.82, 2.24) is 0 Å². The topological polar surface area (TPSA) is 58.6 Å². The van der Waals surface area contributed by atoms with Gasteiger partial charge < -0.3 is 15.2 Å². The molecule has 2 aromatic rings. The Morgan fingerprint density at radius 2 is 1.91 bits per heavy atom. The highest BCUT2D eigenvalue weighted by Crippen LogP contribution is 2.23. The van der Waals surface area contributed by atoms with E-state index in [1.54, 1.807) is 18.2 Å². The van der Waals surface area contributed by atoms with Gasteiger partial charge in [0.15, 0.2) is 0 Å². The zero-order valence-electron chi connectivity index (χ0n) is 12.9. The molecule has 2 N–H and O–H groups in total. The molecule has 0 aliphatic heterocycles. The van der Waals surface area contributed by atoms with Crippen LogP contribution in [0.2, 0.25) is 0 Å². The number of carbonyl (C=O) groups is 1. The van der Waals surface area contributed by atoms with Crippen LogP contribution < -0.4 is 10.1 Å². The van der Waals surface area contributed by atoms with Crippen molar-refractivity contribution < 1.29 is 14.6 Å². The Balaban J connectivity index is 2.21. The van der Waals surface area contributed by atoms with Crippen LogP contribution in [0.3, 0.4) is 0 Å². The number of ether oxygens (including phenoxy) is 1. The molecule has 2 rings (SSSR count). The average Bonchev–Trinajstić information content (AvgIpc) is 2.56. The Bertz CT molecular complexity index is 653. The second-order valence-electron chi connectivity index (χ2n) is 4.88. The number of amides is 1. The molecule has 2 aromatic carbocycles. The molecule has 0 fully saturated rings. The Hall–Kier alpha value is -2.33. The highest BCUT2D eigenvalue weighted by molar-refractivity contribution is 6.05. The lowest BCUT2D eigenvalue weighted by Crippen LogP contribution is -2.14. The van der Waals surface area contributed by atoms with Crippen LogP contribution in [0.1, 0.15) is 35.3 Å². The van der Waals surface area contributed by atoms with Gasteiger partial charge in [0.2, 0.25) is 0 Å². The second-order valence-corrected chi connectivity index (χ2v) is 4.88. The highest BCUT2D eigenvalue weighted by Gasteiger charge is 2.11. The number of carbonyl (C=O) groups excluding carboxylic acids is 1. The van der Waals surface area contributed by atoms with Crippen molar-refractivity contribution in [2.24, 2.45) is 0 Å². The summed E-state index contributed by atoms with van der Waals surface area (Å²) in [6.07, 6.45) is 0.800. The third kappa shape index (κ3) is 3.65. The number of anilines is 1. The lowest BCUT2D eigenvalue weighted by atomic mass is 10.0. The smallest absolute Gasteiger partial charge is 0.255 e. The Labute approximate surface area is 130 Å². The number of hydrogen-bond donors (Lipinski definition) is 2. The first kappa shape index (κ1) is 16.0. The lowest BCUT2D eigenvalue weighted by Gasteiger charge is -2.12. The molecule has 0 aliphatic carbocycles. The van der Waals surface area contributed by atoms with Crippen molar-refractivity contribution in [1.29, 1.82) is 0 Å². The van der Waals surface area contributed by atoms with Crippen LogP contribution in [0.5, 0.6) is 5.75 Å². The molecule has 0 spiro atoms. The van der Waals surface area contributed by atoms with Crippen molar-refractivity contribution in [3.8, 4) is 5.75 Å². The van der Waals surface area contributed by atoms with Crippen LogP contribution in [-0.2, 0) is 13.0 Å². The third-order valence-corrected chi connectivity index (χ3v) is 3.43. The SMILES string of the molecule is CCOc1ccc(NC(=O)c2ccccc2CC)cc1CO. The van der Waals surface area contributed by atoms with Gasteiger partial charge in [-0.2, -0.15) is 0 Å². The van der Waals surface area contributed by atoms with Crippen LogP contribution in [0.15, 0.2) is 42.5 Å². The quantitative estimate of drug-likeness (QED) is 0.859. The molecule has 0 unspecified atom stereocenters. The van der Waals surface area contributed by atoms with Gasteiger partial charge in [-0.1, -0.05) is 25.1 Å². The van der Waals surface area contributed by atoms with Gasteiger partial charge in [-0.25, -0.2) is 0 Å². The maximum absolute atomic E-state index is 12.4. The molecule has 0 aromatic heterocycles. The number of aliphatic hydroxyl groups excluding tert-OH is 1. The molecule has 0 heterocycles. The van der Waals surface area contributed by atoms with Crippen molar-refractivity contribution in [2.75, 3.05) is 11.9 Å². The zero-order valence-corrected chi connectivity index (χ0v) is 12.9.